The molecule has 0 aliphatic rings. The lowest BCUT2D eigenvalue weighted by atomic mass is 10.3. The highest BCUT2D eigenvalue weighted by atomic mass is 16.5. The van der Waals surface area contributed by atoms with Crippen LogP contribution in [-0.4, -0.2) is 28.7 Å². The van der Waals surface area contributed by atoms with Gasteiger partial charge in [0.15, 0.2) is 0 Å². The van der Waals surface area contributed by atoms with Gasteiger partial charge in [0.05, 0.1) is 0 Å². The number of carbonyl (C=O) groups excluding carboxylic acids is 1. The van der Waals surface area contributed by atoms with Gasteiger partial charge >= 0.3 is 12.1 Å². The summed E-state index contributed by atoms with van der Waals surface area (Å²) in [5.74, 6) is -1.11. The summed E-state index contributed by atoms with van der Waals surface area (Å²) in [5.41, 5.74) is 0.787. The zero-order chi connectivity index (χ0) is 11.1. The number of aromatic nitrogens is 1. The second kappa shape index (κ2) is 5.58. The summed E-state index contributed by atoms with van der Waals surface area (Å²) in [4.78, 5) is 24.8. The first kappa shape index (κ1) is 11.0. The minimum Gasteiger partial charge on any atom is -0.480 e. The number of nitrogens with zero attached hydrogens (tertiary/aromatic N) is 1. The van der Waals surface area contributed by atoms with Crippen molar-refractivity contribution in [1.29, 1.82) is 0 Å². The van der Waals surface area contributed by atoms with E-state index >= 15 is 0 Å². The second-order valence-corrected chi connectivity index (χ2v) is 2.68. The molecule has 2 N–H and O–H groups in total. The molecule has 6 nitrogen and oxygen atoms in total. The third-order valence-corrected chi connectivity index (χ3v) is 1.50. The summed E-state index contributed by atoms with van der Waals surface area (Å²) in [5, 5.41) is 10.3. The predicted molar refractivity (Wildman–Crippen MR) is 50.1 cm³/mol. The maximum atomic E-state index is 10.9. The topological polar surface area (TPSA) is 88.5 Å². The number of hydrogen-bond donors (Lipinski definition) is 2. The number of carbonyl (C=O) groups is 2. The minimum absolute atomic E-state index is 0.0912. The Kier molecular flexibility index (Phi) is 4.08. The van der Waals surface area contributed by atoms with Gasteiger partial charge in [-0.05, 0) is 17.7 Å². The van der Waals surface area contributed by atoms with Crippen molar-refractivity contribution in [3.63, 3.8) is 0 Å². The van der Waals surface area contributed by atoms with Crippen LogP contribution in [-0.2, 0) is 16.1 Å². The molecule has 0 atom stereocenters. The van der Waals surface area contributed by atoms with Crippen LogP contribution in [0.25, 0.3) is 0 Å². The Labute approximate surface area is 85.9 Å². The Morgan fingerprint density at radius 1 is 1.40 bits per heavy atom. The maximum absolute atomic E-state index is 10.9. The van der Waals surface area contributed by atoms with Crippen molar-refractivity contribution in [3.8, 4) is 0 Å². The molecular weight excluding hydrogens is 200 g/mol. The molecule has 1 amide bonds. The fourth-order valence-corrected chi connectivity index (χ4v) is 0.827. The average molecular weight is 210 g/mol. The standard InChI is InChI=1S/C9H10N2O4/c12-8(13)5-11-9(14)15-6-7-1-3-10-4-2-7/h1-4H,5-6H2,(H,11,14)(H,12,13). The van der Waals surface area contributed by atoms with E-state index in [4.69, 9.17) is 9.84 Å². The quantitative estimate of drug-likeness (QED) is 0.750. The van der Waals surface area contributed by atoms with Crippen molar-refractivity contribution in [2.24, 2.45) is 0 Å². The molecule has 0 saturated heterocycles. The molecule has 1 rings (SSSR count). The van der Waals surface area contributed by atoms with Crippen LogP contribution in [0.5, 0.6) is 0 Å². The lowest BCUT2D eigenvalue weighted by Gasteiger charge is -2.04. The third-order valence-electron chi connectivity index (χ3n) is 1.50. The maximum Gasteiger partial charge on any atom is 0.407 e. The Hall–Kier alpha value is -2.11. The van der Waals surface area contributed by atoms with E-state index in [-0.39, 0.29) is 6.61 Å². The first-order valence-electron chi connectivity index (χ1n) is 4.20. The van der Waals surface area contributed by atoms with Gasteiger partial charge in [-0.25, -0.2) is 4.79 Å². The van der Waals surface area contributed by atoms with Gasteiger partial charge in [0.2, 0.25) is 0 Å². The Morgan fingerprint density at radius 3 is 2.67 bits per heavy atom. The van der Waals surface area contributed by atoms with E-state index in [9.17, 15) is 9.59 Å². The zero-order valence-corrected chi connectivity index (χ0v) is 7.84. The lowest BCUT2D eigenvalue weighted by molar-refractivity contribution is -0.135. The molecule has 1 heterocycles. The summed E-state index contributed by atoms with van der Waals surface area (Å²) >= 11 is 0. The normalized spacial score (nSPS) is 9.33. The van der Waals surface area contributed by atoms with E-state index in [1.54, 1.807) is 24.5 Å². The van der Waals surface area contributed by atoms with Gasteiger partial charge < -0.3 is 15.2 Å². The zero-order valence-electron chi connectivity index (χ0n) is 7.84. The number of hydrogen-bond acceptors (Lipinski definition) is 4. The molecule has 0 aliphatic carbocycles. The highest BCUT2D eigenvalue weighted by Crippen LogP contribution is 1.98. The minimum atomic E-state index is -1.11. The molecule has 0 radical (unpaired) electrons. The van der Waals surface area contributed by atoms with Gasteiger partial charge in [-0.1, -0.05) is 0 Å². The molecule has 1 aromatic rings. The van der Waals surface area contributed by atoms with Crippen molar-refractivity contribution in [3.05, 3.63) is 30.1 Å². The number of ether oxygens (including phenoxy) is 1. The van der Waals surface area contributed by atoms with Crippen molar-refractivity contribution < 1.29 is 19.4 Å². The first-order chi connectivity index (χ1) is 7.18. The van der Waals surface area contributed by atoms with Gasteiger partial charge in [0.1, 0.15) is 13.2 Å². The van der Waals surface area contributed by atoms with Crippen molar-refractivity contribution >= 4 is 12.1 Å². The molecule has 0 aliphatic heterocycles. The van der Waals surface area contributed by atoms with Gasteiger partial charge in [-0.15, -0.1) is 0 Å². The van der Waals surface area contributed by atoms with Crippen LogP contribution >= 0.6 is 0 Å². The molecule has 6 heteroatoms. The number of alkyl carbamates (subject to hydrolysis) is 1. The van der Waals surface area contributed by atoms with Gasteiger partial charge in [-0.3, -0.25) is 9.78 Å². The number of aliphatic carboxylic acids is 1. The predicted octanol–water partition coefficient (Wildman–Crippen LogP) is 0.392. The molecule has 0 unspecified atom stereocenters. The summed E-state index contributed by atoms with van der Waals surface area (Å²) in [6.45, 7) is -0.358. The van der Waals surface area contributed by atoms with Gasteiger partial charge in [-0.2, -0.15) is 0 Å². The molecule has 80 valence electrons. The molecule has 15 heavy (non-hydrogen) atoms. The van der Waals surface area contributed by atoms with Crippen LogP contribution in [0.3, 0.4) is 0 Å². The van der Waals surface area contributed by atoms with Crippen molar-refractivity contribution in [2.45, 2.75) is 6.61 Å². The monoisotopic (exact) mass is 210 g/mol. The number of pyridine rings is 1. The van der Waals surface area contributed by atoms with E-state index < -0.39 is 18.6 Å². The van der Waals surface area contributed by atoms with Crippen LogP contribution in [0.15, 0.2) is 24.5 Å². The molecule has 0 aromatic carbocycles. The summed E-state index contributed by atoms with van der Waals surface area (Å²) in [6.07, 6.45) is 2.40. The summed E-state index contributed by atoms with van der Waals surface area (Å²) in [7, 11) is 0. The molecule has 0 spiro atoms. The molecule has 0 fully saturated rings. The fourth-order valence-electron chi connectivity index (χ4n) is 0.827. The third kappa shape index (κ3) is 4.61. The fraction of sp³-hybridized carbons (Fsp3) is 0.222. The average Bonchev–Trinajstić information content (AvgIpc) is 2.25. The highest BCUT2D eigenvalue weighted by Gasteiger charge is 2.04. The molecule has 0 bridgehead atoms. The van der Waals surface area contributed by atoms with Crippen LogP contribution < -0.4 is 5.32 Å². The Bertz CT molecular complexity index is 339. The number of nitrogens with one attached hydrogen (secondary N) is 1. The highest BCUT2D eigenvalue weighted by molar-refractivity contribution is 5.76. The first-order valence-corrected chi connectivity index (χ1v) is 4.20. The molecular formula is C9H10N2O4. The smallest absolute Gasteiger partial charge is 0.407 e. The van der Waals surface area contributed by atoms with E-state index in [0.29, 0.717) is 0 Å². The van der Waals surface area contributed by atoms with Crippen molar-refractivity contribution in [1.82, 2.24) is 10.3 Å². The van der Waals surface area contributed by atoms with Crippen LogP contribution in [0.2, 0.25) is 0 Å². The second-order valence-electron chi connectivity index (χ2n) is 2.68. The van der Waals surface area contributed by atoms with E-state index in [2.05, 4.69) is 10.3 Å². The van der Waals surface area contributed by atoms with E-state index in [1.165, 1.54) is 0 Å². The van der Waals surface area contributed by atoms with E-state index in [1.807, 2.05) is 0 Å². The number of amides is 1. The van der Waals surface area contributed by atoms with E-state index in [0.717, 1.165) is 5.56 Å². The largest absolute Gasteiger partial charge is 0.480 e. The number of carboxylic acids is 1. The van der Waals surface area contributed by atoms with Crippen LogP contribution in [0.4, 0.5) is 4.79 Å². The van der Waals surface area contributed by atoms with Crippen molar-refractivity contribution in [2.75, 3.05) is 6.54 Å². The van der Waals surface area contributed by atoms with Gasteiger partial charge in [0.25, 0.3) is 0 Å². The van der Waals surface area contributed by atoms with Gasteiger partial charge in [0, 0.05) is 12.4 Å². The Morgan fingerprint density at radius 2 is 2.07 bits per heavy atom. The number of rotatable bonds is 4. The molecule has 0 saturated carbocycles. The Balaban J connectivity index is 2.26. The van der Waals surface area contributed by atoms with Crippen LogP contribution in [0, 0.1) is 0 Å². The summed E-state index contributed by atoms with van der Waals surface area (Å²) in [6, 6.07) is 3.40. The summed E-state index contributed by atoms with van der Waals surface area (Å²) < 4.78 is 4.74. The number of carboxylic acid groups (broad SMARTS) is 1. The molecule has 1 aromatic heterocycles. The SMILES string of the molecule is O=C(O)CNC(=O)OCc1ccncc1. The lowest BCUT2D eigenvalue weighted by Crippen LogP contribution is -2.29. The van der Waals surface area contributed by atoms with Crippen LogP contribution in [0.1, 0.15) is 5.56 Å².